The van der Waals surface area contributed by atoms with Crippen LogP contribution in [-0.2, 0) is 25.5 Å². The van der Waals surface area contributed by atoms with Gasteiger partial charge in [-0.2, -0.15) is 0 Å². The number of carbonyl (C=O) groups is 4. The fraction of sp³-hybridized carbons (Fsp3) is 0.615. The number of carbonyl (C=O) groups excluding carboxylic acids is 4. The third kappa shape index (κ3) is 7.43. The van der Waals surface area contributed by atoms with Gasteiger partial charge in [0.1, 0.15) is 11.6 Å². The maximum Gasteiger partial charge on any atom is 0.408 e. The number of rotatable bonds is 12. The van der Waals surface area contributed by atoms with Crippen molar-refractivity contribution in [2.24, 2.45) is 17.6 Å². The largest absolute Gasteiger partial charge is 0.443 e. The highest BCUT2D eigenvalue weighted by Gasteiger charge is 2.42. The number of alkyl carbamates (subject to hydrolysis) is 1. The molecule has 1 aliphatic heterocycles. The Kier molecular flexibility index (Phi) is 9.31. The van der Waals surface area contributed by atoms with Crippen LogP contribution in [0.4, 0.5) is 4.79 Å². The van der Waals surface area contributed by atoms with Crippen molar-refractivity contribution in [2.45, 2.75) is 82.6 Å². The average molecular weight is 503 g/mol. The van der Waals surface area contributed by atoms with Crippen molar-refractivity contribution in [1.29, 1.82) is 0 Å². The molecule has 0 spiro atoms. The van der Waals surface area contributed by atoms with Crippen molar-refractivity contribution >= 4 is 23.8 Å². The Hall–Kier alpha value is -3.14. The first-order valence-corrected chi connectivity index (χ1v) is 12.7. The van der Waals surface area contributed by atoms with Gasteiger partial charge in [0.05, 0.1) is 6.04 Å². The molecule has 1 aliphatic carbocycles. The summed E-state index contributed by atoms with van der Waals surface area (Å²) < 4.78 is 5.85. The molecule has 198 valence electrons. The highest BCUT2D eigenvalue weighted by molar-refractivity contribution is 5.87. The van der Waals surface area contributed by atoms with Gasteiger partial charge in [-0.3, -0.25) is 14.4 Å². The predicted octanol–water partition coefficient (Wildman–Crippen LogP) is 1.15. The molecule has 2 aliphatic rings. The highest BCUT2D eigenvalue weighted by Crippen LogP contribution is 2.38. The van der Waals surface area contributed by atoms with Crippen LogP contribution in [0.1, 0.15) is 57.9 Å². The number of benzene rings is 1. The van der Waals surface area contributed by atoms with Crippen molar-refractivity contribution in [1.82, 2.24) is 16.0 Å². The van der Waals surface area contributed by atoms with E-state index in [4.69, 9.17) is 10.5 Å². The summed E-state index contributed by atoms with van der Waals surface area (Å²) in [5, 5.41) is 18.4. The first-order chi connectivity index (χ1) is 17.1. The summed E-state index contributed by atoms with van der Waals surface area (Å²) in [5.41, 5.74) is 5.75. The minimum absolute atomic E-state index is 0.0563. The van der Waals surface area contributed by atoms with Crippen molar-refractivity contribution in [3.8, 4) is 0 Å². The zero-order chi connectivity index (χ0) is 26.3. The van der Waals surface area contributed by atoms with Crippen molar-refractivity contribution in [3.63, 3.8) is 0 Å². The van der Waals surface area contributed by atoms with Crippen LogP contribution >= 0.6 is 0 Å². The fourth-order valence-electron chi connectivity index (χ4n) is 4.85. The number of amides is 4. The van der Waals surface area contributed by atoms with Crippen molar-refractivity contribution < 1.29 is 29.0 Å². The van der Waals surface area contributed by atoms with Crippen LogP contribution in [0.2, 0.25) is 0 Å². The van der Waals surface area contributed by atoms with Gasteiger partial charge in [-0.05, 0) is 50.0 Å². The summed E-state index contributed by atoms with van der Waals surface area (Å²) in [5.74, 6) is -2.17. The maximum atomic E-state index is 13.2. The van der Waals surface area contributed by atoms with Gasteiger partial charge in [0.2, 0.25) is 17.7 Å². The van der Waals surface area contributed by atoms with Crippen LogP contribution in [0.25, 0.3) is 0 Å². The number of primary amides is 1. The predicted molar refractivity (Wildman–Crippen MR) is 132 cm³/mol. The summed E-state index contributed by atoms with van der Waals surface area (Å²) in [6.07, 6.45) is 1.58. The van der Waals surface area contributed by atoms with E-state index in [1.165, 1.54) is 0 Å². The second kappa shape index (κ2) is 12.2. The van der Waals surface area contributed by atoms with E-state index < -0.39 is 47.6 Å². The van der Waals surface area contributed by atoms with E-state index in [1.54, 1.807) is 0 Å². The zero-order valence-corrected chi connectivity index (χ0v) is 21.0. The lowest BCUT2D eigenvalue weighted by atomic mass is 9.76. The molecule has 10 nitrogen and oxygen atoms in total. The smallest absolute Gasteiger partial charge is 0.408 e. The Balaban J connectivity index is 1.66. The van der Waals surface area contributed by atoms with E-state index in [-0.39, 0.29) is 18.2 Å². The first kappa shape index (κ1) is 27.4. The van der Waals surface area contributed by atoms with Crippen LogP contribution in [0.5, 0.6) is 0 Å². The monoisotopic (exact) mass is 502 g/mol. The molecule has 0 aromatic heterocycles. The summed E-state index contributed by atoms with van der Waals surface area (Å²) in [4.78, 5) is 49.8. The molecule has 36 heavy (non-hydrogen) atoms. The van der Waals surface area contributed by atoms with Crippen LogP contribution in [0.3, 0.4) is 0 Å². The second-order valence-corrected chi connectivity index (χ2v) is 10.4. The zero-order valence-electron chi connectivity index (χ0n) is 21.0. The lowest BCUT2D eigenvalue weighted by Gasteiger charge is -2.41. The molecule has 0 bridgehead atoms. The molecule has 1 saturated carbocycles. The Morgan fingerprint density at radius 1 is 1.19 bits per heavy atom. The number of hydrogen-bond donors (Lipinski definition) is 5. The van der Waals surface area contributed by atoms with Crippen molar-refractivity contribution in [2.75, 3.05) is 6.54 Å². The van der Waals surface area contributed by atoms with Crippen LogP contribution in [-0.4, -0.2) is 59.3 Å². The van der Waals surface area contributed by atoms with Gasteiger partial charge in [-0.1, -0.05) is 44.2 Å². The number of nitrogens with one attached hydrogen (secondary N) is 3. The molecule has 4 amide bonds. The number of aliphatic hydroxyl groups is 1. The van der Waals surface area contributed by atoms with Crippen molar-refractivity contribution in [3.05, 3.63) is 35.9 Å². The topological polar surface area (TPSA) is 160 Å². The quantitative estimate of drug-likeness (QED) is 0.288. The molecular formula is C26H38N4O6. The van der Waals surface area contributed by atoms with Crippen LogP contribution < -0.4 is 21.7 Å². The number of ether oxygens (including phenoxy) is 1. The molecule has 1 saturated heterocycles. The van der Waals surface area contributed by atoms with Crippen LogP contribution in [0.15, 0.2) is 30.3 Å². The van der Waals surface area contributed by atoms with Gasteiger partial charge in [0, 0.05) is 18.9 Å². The SMILES string of the molecule is CC(C)CC(NC(=O)OC1(Cc2ccccc2)CCC1)C(=O)NC(C[C@@H]1CCNC1=O)C(O)C(N)=O. The molecule has 3 unspecified atom stereocenters. The normalized spacial score (nSPS) is 21.0. The number of hydrogen-bond acceptors (Lipinski definition) is 6. The second-order valence-electron chi connectivity index (χ2n) is 10.4. The highest BCUT2D eigenvalue weighted by atomic mass is 16.6. The third-order valence-corrected chi connectivity index (χ3v) is 6.96. The molecule has 10 heteroatoms. The van der Waals surface area contributed by atoms with E-state index >= 15 is 0 Å². The molecule has 1 aromatic rings. The lowest BCUT2D eigenvalue weighted by Crippen LogP contribution is -2.57. The summed E-state index contributed by atoms with van der Waals surface area (Å²) in [6.45, 7) is 4.31. The van der Waals surface area contributed by atoms with Gasteiger partial charge >= 0.3 is 6.09 Å². The van der Waals surface area contributed by atoms with E-state index in [2.05, 4.69) is 16.0 Å². The Labute approximate surface area is 211 Å². The van der Waals surface area contributed by atoms with Gasteiger partial charge < -0.3 is 31.5 Å². The fourth-order valence-corrected chi connectivity index (χ4v) is 4.85. The Bertz CT molecular complexity index is 934. The Morgan fingerprint density at radius 3 is 2.42 bits per heavy atom. The molecule has 1 heterocycles. The minimum atomic E-state index is -1.67. The molecule has 0 radical (unpaired) electrons. The van der Waals surface area contributed by atoms with Gasteiger partial charge in [-0.25, -0.2) is 4.79 Å². The van der Waals surface area contributed by atoms with Crippen LogP contribution in [0, 0.1) is 11.8 Å². The summed E-state index contributed by atoms with van der Waals surface area (Å²) >= 11 is 0. The van der Waals surface area contributed by atoms with Gasteiger partial charge in [0.15, 0.2) is 6.10 Å². The molecule has 1 aromatic carbocycles. The molecule has 2 fully saturated rings. The van der Waals surface area contributed by atoms with E-state index in [0.717, 1.165) is 24.8 Å². The lowest BCUT2D eigenvalue weighted by molar-refractivity contribution is -0.132. The van der Waals surface area contributed by atoms with Gasteiger partial charge in [0.25, 0.3) is 0 Å². The molecular weight excluding hydrogens is 464 g/mol. The Morgan fingerprint density at radius 2 is 1.89 bits per heavy atom. The number of nitrogens with two attached hydrogens (primary N) is 1. The standard InChI is InChI=1S/C26H38N4O6/c1-16(2)13-20(24(34)29-19(21(31)22(27)32)14-18-9-12-28-23(18)33)30-25(35)36-26(10-6-11-26)15-17-7-4-3-5-8-17/h3-5,7-8,16,18-21,31H,6,9-15H2,1-2H3,(H2,27,32)(H,28,33)(H,29,34)(H,30,35)/t18-,19?,20?,21?/m0/s1. The molecule has 4 atom stereocenters. The number of aliphatic hydroxyl groups excluding tert-OH is 1. The third-order valence-electron chi connectivity index (χ3n) is 6.96. The van der Waals surface area contributed by atoms with E-state index in [0.29, 0.717) is 25.8 Å². The summed E-state index contributed by atoms with van der Waals surface area (Å²) in [6, 6.07) is 7.78. The van der Waals surface area contributed by atoms with E-state index in [9.17, 15) is 24.3 Å². The first-order valence-electron chi connectivity index (χ1n) is 12.7. The van der Waals surface area contributed by atoms with Gasteiger partial charge in [-0.15, -0.1) is 0 Å². The maximum absolute atomic E-state index is 13.2. The molecule has 6 N–H and O–H groups in total. The van der Waals surface area contributed by atoms with E-state index in [1.807, 2.05) is 44.2 Å². The molecule has 3 rings (SSSR count). The average Bonchev–Trinajstić information content (AvgIpc) is 3.20. The summed E-state index contributed by atoms with van der Waals surface area (Å²) in [7, 11) is 0. The minimum Gasteiger partial charge on any atom is -0.443 e.